The van der Waals surface area contributed by atoms with Crippen molar-refractivity contribution in [1.29, 1.82) is 0 Å². The normalized spacial score (nSPS) is 9.89. The van der Waals surface area contributed by atoms with E-state index >= 15 is 0 Å². The lowest BCUT2D eigenvalue weighted by atomic mass is 10.2. The van der Waals surface area contributed by atoms with Gasteiger partial charge in [0.1, 0.15) is 5.82 Å². The number of anilines is 2. The highest BCUT2D eigenvalue weighted by Crippen LogP contribution is 2.19. The molecule has 0 saturated carbocycles. The van der Waals surface area contributed by atoms with Crippen LogP contribution in [0, 0.1) is 0 Å². The average Bonchev–Trinajstić information content (AvgIpc) is 2.40. The molecule has 0 atom stereocenters. The Morgan fingerprint density at radius 2 is 2.00 bits per heavy atom. The summed E-state index contributed by atoms with van der Waals surface area (Å²) >= 11 is 3.31. The molecule has 4 nitrogen and oxygen atoms in total. The second-order valence-electron chi connectivity index (χ2n) is 3.62. The second kappa shape index (κ2) is 5.64. The molecule has 0 aliphatic heterocycles. The molecule has 2 rings (SSSR count). The number of halogens is 1. The first-order valence-electron chi connectivity index (χ1n) is 5.40. The number of nitrogens with one attached hydrogen (secondary N) is 2. The average molecular weight is 306 g/mol. The van der Waals surface area contributed by atoms with E-state index < -0.39 is 0 Å². The zero-order valence-corrected chi connectivity index (χ0v) is 11.4. The molecule has 5 heteroatoms. The molecule has 1 amide bonds. The summed E-state index contributed by atoms with van der Waals surface area (Å²) in [5, 5.41) is 5.72. The summed E-state index contributed by atoms with van der Waals surface area (Å²) in [5.41, 5.74) is 1.25. The molecular weight excluding hydrogens is 294 g/mol. The Balaban J connectivity index is 2.26. The standard InChI is InChI=1S/C13H12BrN3O/c1-15-12-11(7-9(14)8-16-12)13(18)17-10-5-3-2-4-6-10/h2-8H,1H3,(H,15,16)(H,17,18). The van der Waals surface area contributed by atoms with Crippen LogP contribution in [-0.4, -0.2) is 17.9 Å². The molecule has 0 saturated heterocycles. The summed E-state index contributed by atoms with van der Waals surface area (Å²) in [7, 11) is 1.73. The van der Waals surface area contributed by atoms with E-state index in [0.717, 1.165) is 10.2 Å². The summed E-state index contributed by atoms with van der Waals surface area (Å²) in [5.74, 6) is 0.353. The Kier molecular flexibility index (Phi) is 3.94. The highest BCUT2D eigenvalue weighted by atomic mass is 79.9. The van der Waals surface area contributed by atoms with Crippen molar-refractivity contribution >= 4 is 33.3 Å². The summed E-state index contributed by atoms with van der Waals surface area (Å²) < 4.78 is 0.764. The van der Waals surface area contributed by atoms with Gasteiger partial charge in [0.2, 0.25) is 0 Å². The van der Waals surface area contributed by atoms with Gasteiger partial charge < -0.3 is 10.6 Å². The maximum Gasteiger partial charge on any atom is 0.259 e. The van der Waals surface area contributed by atoms with Crippen molar-refractivity contribution in [3.63, 3.8) is 0 Å². The summed E-state index contributed by atoms with van der Waals surface area (Å²) in [6.45, 7) is 0. The molecule has 18 heavy (non-hydrogen) atoms. The van der Waals surface area contributed by atoms with Gasteiger partial charge in [0, 0.05) is 23.4 Å². The van der Waals surface area contributed by atoms with Crippen LogP contribution in [0.2, 0.25) is 0 Å². The molecule has 0 unspecified atom stereocenters. The van der Waals surface area contributed by atoms with Crippen molar-refractivity contribution in [2.75, 3.05) is 17.7 Å². The second-order valence-corrected chi connectivity index (χ2v) is 4.54. The Bertz CT molecular complexity index is 557. The molecule has 0 spiro atoms. The van der Waals surface area contributed by atoms with Crippen LogP contribution in [0.1, 0.15) is 10.4 Å². The molecule has 2 N–H and O–H groups in total. The van der Waals surface area contributed by atoms with E-state index in [1.54, 1.807) is 19.3 Å². The van der Waals surface area contributed by atoms with Gasteiger partial charge in [0.25, 0.3) is 5.91 Å². The van der Waals surface area contributed by atoms with Crippen LogP contribution in [0.15, 0.2) is 47.1 Å². The number of hydrogen-bond acceptors (Lipinski definition) is 3. The van der Waals surface area contributed by atoms with Gasteiger partial charge in [-0.3, -0.25) is 4.79 Å². The van der Waals surface area contributed by atoms with E-state index in [9.17, 15) is 4.79 Å². The summed E-state index contributed by atoms with van der Waals surface area (Å²) in [6.07, 6.45) is 1.64. The van der Waals surface area contributed by atoms with E-state index in [1.165, 1.54) is 0 Å². The predicted molar refractivity (Wildman–Crippen MR) is 75.9 cm³/mol. The lowest BCUT2D eigenvalue weighted by molar-refractivity contribution is 0.102. The lowest BCUT2D eigenvalue weighted by Crippen LogP contribution is -2.14. The minimum absolute atomic E-state index is 0.195. The lowest BCUT2D eigenvalue weighted by Gasteiger charge is -2.09. The Hall–Kier alpha value is -1.88. The van der Waals surface area contributed by atoms with E-state index in [1.807, 2.05) is 30.3 Å². The number of rotatable bonds is 3. The van der Waals surface area contributed by atoms with Crippen molar-refractivity contribution in [2.24, 2.45) is 0 Å². The predicted octanol–water partition coefficient (Wildman–Crippen LogP) is 3.14. The van der Waals surface area contributed by atoms with Crippen LogP contribution in [0.5, 0.6) is 0 Å². The third-order valence-corrected chi connectivity index (χ3v) is 2.80. The molecule has 1 aromatic carbocycles. The van der Waals surface area contributed by atoms with E-state index in [0.29, 0.717) is 11.4 Å². The molecule has 0 aliphatic carbocycles. The van der Waals surface area contributed by atoms with Crippen molar-refractivity contribution in [2.45, 2.75) is 0 Å². The zero-order chi connectivity index (χ0) is 13.0. The quantitative estimate of drug-likeness (QED) is 0.916. The third-order valence-electron chi connectivity index (χ3n) is 2.37. The molecule has 0 aliphatic rings. The van der Waals surface area contributed by atoms with Gasteiger partial charge in [-0.1, -0.05) is 18.2 Å². The van der Waals surface area contributed by atoms with Crippen molar-refractivity contribution in [3.05, 3.63) is 52.6 Å². The monoisotopic (exact) mass is 305 g/mol. The molecule has 0 bridgehead atoms. The van der Waals surface area contributed by atoms with E-state index in [-0.39, 0.29) is 5.91 Å². The van der Waals surface area contributed by atoms with Crippen LogP contribution in [0.3, 0.4) is 0 Å². The minimum Gasteiger partial charge on any atom is -0.372 e. The number of carbonyl (C=O) groups is 1. The molecule has 1 aromatic heterocycles. The number of benzene rings is 1. The van der Waals surface area contributed by atoms with Gasteiger partial charge in [0.05, 0.1) is 5.56 Å². The van der Waals surface area contributed by atoms with Gasteiger partial charge >= 0.3 is 0 Å². The maximum atomic E-state index is 12.1. The van der Waals surface area contributed by atoms with Crippen LogP contribution < -0.4 is 10.6 Å². The van der Waals surface area contributed by atoms with Crippen LogP contribution >= 0.6 is 15.9 Å². The van der Waals surface area contributed by atoms with E-state index in [4.69, 9.17) is 0 Å². The Morgan fingerprint density at radius 1 is 1.28 bits per heavy atom. The first kappa shape index (κ1) is 12.6. The Morgan fingerprint density at radius 3 is 2.67 bits per heavy atom. The fourth-order valence-corrected chi connectivity index (χ4v) is 1.86. The van der Waals surface area contributed by atoms with Gasteiger partial charge in [-0.15, -0.1) is 0 Å². The van der Waals surface area contributed by atoms with Gasteiger partial charge in [-0.2, -0.15) is 0 Å². The largest absolute Gasteiger partial charge is 0.372 e. The number of aromatic nitrogens is 1. The fourth-order valence-electron chi connectivity index (χ4n) is 1.53. The highest BCUT2D eigenvalue weighted by Gasteiger charge is 2.12. The fraction of sp³-hybridized carbons (Fsp3) is 0.0769. The highest BCUT2D eigenvalue weighted by molar-refractivity contribution is 9.10. The maximum absolute atomic E-state index is 12.1. The first-order valence-corrected chi connectivity index (χ1v) is 6.19. The van der Waals surface area contributed by atoms with Crippen molar-refractivity contribution in [3.8, 4) is 0 Å². The minimum atomic E-state index is -0.195. The molecule has 92 valence electrons. The smallest absolute Gasteiger partial charge is 0.259 e. The molecule has 2 aromatic rings. The Labute approximate surface area is 114 Å². The molecule has 1 heterocycles. The number of pyridine rings is 1. The van der Waals surface area contributed by atoms with Crippen molar-refractivity contribution in [1.82, 2.24) is 4.98 Å². The topological polar surface area (TPSA) is 54.0 Å². The van der Waals surface area contributed by atoms with Gasteiger partial charge in [-0.25, -0.2) is 4.98 Å². The third kappa shape index (κ3) is 2.87. The number of hydrogen-bond donors (Lipinski definition) is 2. The number of carbonyl (C=O) groups excluding carboxylic acids is 1. The first-order chi connectivity index (χ1) is 8.70. The molecule has 0 fully saturated rings. The number of nitrogens with zero attached hydrogens (tertiary/aromatic N) is 1. The number of amides is 1. The SMILES string of the molecule is CNc1ncc(Br)cc1C(=O)Nc1ccccc1. The molecular formula is C13H12BrN3O. The van der Waals surface area contributed by atoms with Gasteiger partial charge in [0.15, 0.2) is 0 Å². The van der Waals surface area contributed by atoms with Gasteiger partial charge in [-0.05, 0) is 34.1 Å². The van der Waals surface area contributed by atoms with Crippen LogP contribution in [0.4, 0.5) is 11.5 Å². The summed E-state index contributed by atoms with van der Waals surface area (Å²) in [4.78, 5) is 16.3. The molecule has 0 radical (unpaired) electrons. The van der Waals surface area contributed by atoms with Crippen LogP contribution in [0.25, 0.3) is 0 Å². The van der Waals surface area contributed by atoms with E-state index in [2.05, 4.69) is 31.5 Å². The van der Waals surface area contributed by atoms with Crippen LogP contribution in [-0.2, 0) is 0 Å². The summed E-state index contributed by atoms with van der Waals surface area (Å²) in [6, 6.07) is 11.0. The number of para-hydroxylation sites is 1. The van der Waals surface area contributed by atoms with Crippen molar-refractivity contribution < 1.29 is 4.79 Å². The zero-order valence-electron chi connectivity index (χ0n) is 9.77.